The molecule has 3 saturated carbocycles. The number of rotatable bonds is 2. The van der Waals surface area contributed by atoms with Gasteiger partial charge in [0.25, 0.3) is 0 Å². The summed E-state index contributed by atoms with van der Waals surface area (Å²) >= 11 is 0. The van der Waals surface area contributed by atoms with E-state index in [1.165, 1.54) is 24.8 Å². The maximum Gasteiger partial charge on any atom is 0.241 e. The van der Waals surface area contributed by atoms with Crippen LogP contribution in [-0.2, 0) is 11.2 Å². The second-order valence-electron chi connectivity index (χ2n) is 7.42. The number of aryl methyl sites for hydroxylation is 1. The lowest BCUT2D eigenvalue weighted by Gasteiger charge is -2.18. The Morgan fingerprint density at radius 1 is 1.05 bits per heavy atom. The quantitative estimate of drug-likeness (QED) is 0.875. The summed E-state index contributed by atoms with van der Waals surface area (Å²) in [4.78, 5) is 12.5. The van der Waals surface area contributed by atoms with E-state index in [2.05, 4.69) is 22.8 Å². The largest absolute Gasteiger partial charge is 0.324 e. The van der Waals surface area contributed by atoms with Gasteiger partial charge in [-0.2, -0.15) is 0 Å². The zero-order valence-electron chi connectivity index (χ0n) is 12.2. The van der Waals surface area contributed by atoms with Gasteiger partial charge >= 0.3 is 0 Å². The number of amides is 1. The van der Waals surface area contributed by atoms with Crippen LogP contribution in [0.25, 0.3) is 0 Å². The Hall–Kier alpha value is -1.35. The molecular weight excluding hydrogens is 260 g/mol. The zero-order valence-corrected chi connectivity index (χ0v) is 12.2. The summed E-state index contributed by atoms with van der Waals surface area (Å²) < 4.78 is 0. The Morgan fingerprint density at radius 3 is 2.62 bits per heavy atom. The molecule has 2 N–H and O–H groups in total. The normalized spacial score (nSPS) is 43.0. The van der Waals surface area contributed by atoms with Crippen LogP contribution in [0.4, 0.5) is 5.69 Å². The van der Waals surface area contributed by atoms with Crippen molar-refractivity contribution in [2.45, 2.75) is 44.2 Å². The summed E-state index contributed by atoms with van der Waals surface area (Å²) in [7, 11) is 0. The number of para-hydroxylation sites is 1. The molecule has 5 atom stereocenters. The molecule has 2 bridgehead atoms. The maximum atomic E-state index is 12.5. The van der Waals surface area contributed by atoms with Crippen molar-refractivity contribution in [3.63, 3.8) is 0 Å². The molecule has 0 saturated heterocycles. The summed E-state index contributed by atoms with van der Waals surface area (Å²) in [6, 6.07) is 8.82. The number of fused-ring (bicyclic) bond motifs is 6. The van der Waals surface area contributed by atoms with Gasteiger partial charge in [0.05, 0.1) is 6.04 Å². The summed E-state index contributed by atoms with van der Waals surface area (Å²) in [5.74, 6) is 3.87. The molecule has 1 aromatic carbocycles. The molecule has 4 aliphatic rings. The molecule has 3 fully saturated rings. The summed E-state index contributed by atoms with van der Waals surface area (Å²) in [5, 5.41) is 6.82. The van der Waals surface area contributed by atoms with Crippen molar-refractivity contribution >= 4 is 11.6 Å². The first-order chi connectivity index (χ1) is 10.3. The van der Waals surface area contributed by atoms with Crippen LogP contribution in [0.1, 0.15) is 31.2 Å². The molecule has 0 radical (unpaired) electrons. The monoisotopic (exact) mass is 282 g/mol. The molecule has 1 aromatic rings. The van der Waals surface area contributed by atoms with Gasteiger partial charge in [-0.1, -0.05) is 18.2 Å². The van der Waals surface area contributed by atoms with Crippen molar-refractivity contribution in [3.05, 3.63) is 29.8 Å². The van der Waals surface area contributed by atoms with Crippen molar-refractivity contribution < 1.29 is 4.79 Å². The fraction of sp³-hybridized carbons (Fsp3) is 0.611. The average Bonchev–Trinajstić information content (AvgIpc) is 2.91. The van der Waals surface area contributed by atoms with E-state index in [9.17, 15) is 4.79 Å². The van der Waals surface area contributed by atoms with Gasteiger partial charge < -0.3 is 10.6 Å². The van der Waals surface area contributed by atoms with Crippen LogP contribution >= 0.6 is 0 Å². The number of hydrogen-bond donors (Lipinski definition) is 2. The van der Waals surface area contributed by atoms with E-state index in [0.29, 0.717) is 6.04 Å². The Bertz CT molecular complexity index is 583. The number of benzene rings is 1. The van der Waals surface area contributed by atoms with Gasteiger partial charge in [0, 0.05) is 11.7 Å². The number of carbonyl (C=O) groups is 1. The van der Waals surface area contributed by atoms with Crippen LogP contribution in [0.3, 0.4) is 0 Å². The maximum absolute atomic E-state index is 12.5. The summed E-state index contributed by atoms with van der Waals surface area (Å²) in [5.41, 5.74) is 2.27. The van der Waals surface area contributed by atoms with Crippen LogP contribution in [-0.4, -0.2) is 18.0 Å². The Morgan fingerprint density at radius 2 is 1.81 bits per heavy atom. The molecule has 5 rings (SSSR count). The van der Waals surface area contributed by atoms with Gasteiger partial charge in [-0.3, -0.25) is 4.79 Å². The minimum absolute atomic E-state index is 0.00704. The van der Waals surface area contributed by atoms with Crippen molar-refractivity contribution in [2.24, 2.45) is 23.7 Å². The fourth-order valence-corrected chi connectivity index (χ4v) is 5.45. The second kappa shape index (κ2) is 4.33. The van der Waals surface area contributed by atoms with Gasteiger partial charge in [0.1, 0.15) is 0 Å². The molecule has 1 amide bonds. The molecule has 110 valence electrons. The van der Waals surface area contributed by atoms with Gasteiger partial charge in [-0.25, -0.2) is 0 Å². The first-order valence-electron chi connectivity index (χ1n) is 8.46. The molecule has 1 heterocycles. The molecule has 3 heteroatoms. The third kappa shape index (κ3) is 1.80. The molecule has 21 heavy (non-hydrogen) atoms. The SMILES string of the molecule is O=C1Nc2ccccc2CCC1NC1C2C3CCC(C3)C12. The Balaban J connectivity index is 1.30. The van der Waals surface area contributed by atoms with E-state index < -0.39 is 0 Å². The second-order valence-corrected chi connectivity index (χ2v) is 7.42. The first-order valence-corrected chi connectivity index (χ1v) is 8.46. The highest BCUT2D eigenvalue weighted by Crippen LogP contribution is 2.65. The number of carbonyl (C=O) groups excluding carboxylic acids is 1. The Kier molecular flexibility index (Phi) is 2.52. The third-order valence-corrected chi connectivity index (χ3v) is 6.42. The minimum atomic E-state index is -0.00704. The highest BCUT2D eigenvalue weighted by Gasteiger charge is 2.65. The van der Waals surface area contributed by atoms with Gasteiger partial charge in [-0.05, 0) is 67.4 Å². The molecule has 5 unspecified atom stereocenters. The predicted molar refractivity (Wildman–Crippen MR) is 81.9 cm³/mol. The van der Waals surface area contributed by atoms with E-state index in [4.69, 9.17) is 0 Å². The molecule has 0 spiro atoms. The van der Waals surface area contributed by atoms with Crippen molar-refractivity contribution in [3.8, 4) is 0 Å². The van der Waals surface area contributed by atoms with Crippen LogP contribution in [0.2, 0.25) is 0 Å². The van der Waals surface area contributed by atoms with Crippen LogP contribution in [0, 0.1) is 23.7 Å². The van der Waals surface area contributed by atoms with Gasteiger partial charge in [0.2, 0.25) is 5.91 Å². The van der Waals surface area contributed by atoms with Gasteiger partial charge in [0.15, 0.2) is 0 Å². The smallest absolute Gasteiger partial charge is 0.241 e. The lowest BCUT2D eigenvalue weighted by molar-refractivity contribution is -0.118. The Labute approximate surface area is 125 Å². The fourth-order valence-electron chi connectivity index (χ4n) is 5.45. The van der Waals surface area contributed by atoms with E-state index in [1.807, 2.05) is 12.1 Å². The van der Waals surface area contributed by atoms with Gasteiger partial charge in [-0.15, -0.1) is 0 Å². The van der Waals surface area contributed by atoms with Crippen LogP contribution in [0.5, 0.6) is 0 Å². The summed E-state index contributed by atoms with van der Waals surface area (Å²) in [6.45, 7) is 0. The molecular formula is C18H22N2O. The molecule has 3 aliphatic carbocycles. The lowest BCUT2D eigenvalue weighted by Crippen LogP contribution is -2.42. The standard InChI is InChI=1S/C18H22N2O/c21-18-14(8-7-10-3-1-2-4-13(10)20-18)19-17-15-11-5-6-12(9-11)16(15)17/h1-4,11-12,14-17,19H,5-9H2,(H,20,21). The average molecular weight is 282 g/mol. The van der Waals surface area contributed by atoms with E-state index >= 15 is 0 Å². The molecule has 3 nitrogen and oxygen atoms in total. The first kappa shape index (κ1) is 12.2. The lowest BCUT2D eigenvalue weighted by atomic mass is 10.0. The van der Waals surface area contributed by atoms with E-state index in [0.717, 1.165) is 42.2 Å². The van der Waals surface area contributed by atoms with Crippen molar-refractivity contribution in [1.29, 1.82) is 0 Å². The van der Waals surface area contributed by atoms with Crippen LogP contribution < -0.4 is 10.6 Å². The van der Waals surface area contributed by atoms with Crippen molar-refractivity contribution in [1.82, 2.24) is 5.32 Å². The molecule has 0 aromatic heterocycles. The number of nitrogens with one attached hydrogen (secondary N) is 2. The third-order valence-electron chi connectivity index (χ3n) is 6.42. The predicted octanol–water partition coefficient (Wildman–Crippen LogP) is 2.57. The highest BCUT2D eigenvalue weighted by atomic mass is 16.2. The highest BCUT2D eigenvalue weighted by molar-refractivity contribution is 5.96. The number of anilines is 1. The summed E-state index contributed by atoms with van der Waals surface area (Å²) in [6.07, 6.45) is 6.25. The van der Waals surface area contributed by atoms with E-state index in [1.54, 1.807) is 0 Å². The number of hydrogen-bond acceptors (Lipinski definition) is 2. The zero-order chi connectivity index (χ0) is 14.0. The van der Waals surface area contributed by atoms with E-state index in [-0.39, 0.29) is 11.9 Å². The minimum Gasteiger partial charge on any atom is -0.324 e. The van der Waals surface area contributed by atoms with Crippen molar-refractivity contribution in [2.75, 3.05) is 5.32 Å². The van der Waals surface area contributed by atoms with Crippen LogP contribution in [0.15, 0.2) is 24.3 Å². The molecule has 1 aliphatic heterocycles. The topological polar surface area (TPSA) is 41.1 Å².